The first-order chi connectivity index (χ1) is 22.9. The third-order valence-electron chi connectivity index (χ3n) is 7.38. The molecular weight excluding hydrogens is 628 g/mol. The van der Waals surface area contributed by atoms with E-state index in [1.165, 1.54) is 62.4 Å². The van der Waals surface area contributed by atoms with Gasteiger partial charge in [0.1, 0.15) is 23.0 Å². The van der Waals surface area contributed by atoms with Crippen molar-refractivity contribution in [2.75, 3.05) is 13.2 Å². The fourth-order valence-corrected chi connectivity index (χ4v) is 5.25. The van der Waals surface area contributed by atoms with Crippen LogP contribution in [0.15, 0.2) is 69.5 Å². The Morgan fingerprint density at radius 1 is 0.667 bits per heavy atom. The third kappa shape index (κ3) is 5.93. The Morgan fingerprint density at radius 2 is 1.00 bits per heavy atom. The number of carbonyl (C=O) groups excluding carboxylic acids is 4. The predicted octanol–water partition coefficient (Wildman–Crippen LogP) is 6.60. The van der Waals surface area contributed by atoms with Gasteiger partial charge in [0.15, 0.2) is 23.1 Å². The molecule has 1 aliphatic rings. The van der Waals surface area contributed by atoms with Crippen molar-refractivity contribution in [1.29, 1.82) is 0 Å². The molecule has 48 heavy (non-hydrogen) atoms. The molecule has 14 heteroatoms. The minimum atomic E-state index is -0.744. The summed E-state index contributed by atoms with van der Waals surface area (Å²) in [5.74, 6) is -3.29. The van der Waals surface area contributed by atoms with Gasteiger partial charge in [0.05, 0.1) is 45.3 Å². The first-order valence-electron chi connectivity index (χ1n) is 14.5. The average molecular weight is 655 g/mol. The third-order valence-corrected chi connectivity index (χ3v) is 7.38. The molecule has 1 aliphatic carbocycles. The highest BCUT2D eigenvalue weighted by molar-refractivity contribution is 6.29. The second-order valence-corrected chi connectivity index (χ2v) is 10.4. The van der Waals surface area contributed by atoms with E-state index in [0.29, 0.717) is 0 Å². The number of nitro benzene ring substituents is 2. The van der Waals surface area contributed by atoms with Gasteiger partial charge in [-0.3, -0.25) is 39.4 Å². The lowest BCUT2D eigenvalue weighted by atomic mass is 9.87. The highest BCUT2D eigenvalue weighted by atomic mass is 16.6. The molecule has 0 unspecified atom stereocenters. The van der Waals surface area contributed by atoms with Gasteiger partial charge in [-0.2, -0.15) is 0 Å². The second kappa shape index (κ2) is 13.1. The number of carbonyl (C=O) groups is 4. The van der Waals surface area contributed by atoms with Gasteiger partial charge in [-0.25, -0.2) is 0 Å². The molecule has 5 rings (SSSR count). The Bertz CT molecular complexity index is 1930. The minimum Gasteiger partial charge on any atom is -0.493 e. The number of aryl methyl sites for hydroxylation is 2. The molecule has 0 saturated carbocycles. The SMILES string of the molecule is CCO/C(=C\C(=O)c1ccc([N+](=O)[O-])cc1)c1c(C)oc2c1C(=O)c1oc(C)c(/C(=C/C(=O)c3ccc([N+](=O)[O-])cc3)OCC)c1C2=O. The van der Waals surface area contributed by atoms with Gasteiger partial charge in [0.2, 0.25) is 11.6 Å². The number of hydrogen-bond donors (Lipinski definition) is 0. The molecule has 4 aromatic rings. The number of rotatable bonds is 12. The van der Waals surface area contributed by atoms with Gasteiger partial charge in [0.25, 0.3) is 11.4 Å². The highest BCUT2D eigenvalue weighted by Gasteiger charge is 2.43. The number of non-ortho nitro benzene ring substituents is 2. The average Bonchev–Trinajstić information content (AvgIpc) is 3.60. The summed E-state index contributed by atoms with van der Waals surface area (Å²) >= 11 is 0. The minimum absolute atomic E-state index is 0.0515. The molecule has 2 heterocycles. The maximum absolute atomic E-state index is 14.0. The van der Waals surface area contributed by atoms with E-state index in [2.05, 4.69) is 0 Å². The van der Waals surface area contributed by atoms with Crippen LogP contribution in [0.3, 0.4) is 0 Å². The molecule has 0 fully saturated rings. The van der Waals surface area contributed by atoms with Gasteiger partial charge >= 0.3 is 0 Å². The fraction of sp³-hybridized carbons (Fsp3) is 0.176. The van der Waals surface area contributed by atoms with E-state index in [4.69, 9.17) is 18.3 Å². The maximum atomic E-state index is 14.0. The Morgan fingerprint density at radius 3 is 1.29 bits per heavy atom. The van der Waals surface area contributed by atoms with Crippen molar-refractivity contribution < 1.29 is 47.3 Å². The van der Waals surface area contributed by atoms with Crippen molar-refractivity contribution in [1.82, 2.24) is 0 Å². The Hall–Kier alpha value is -6.44. The first kappa shape index (κ1) is 32.9. The van der Waals surface area contributed by atoms with Crippen LogP contribution in [0.5, 0.6) is 0 Å². The molecule has 0 amide bonds. The van der Waals surface area contributed by atoms with Crippen LogP contribution in [0.25, 0.3) is 11.5 Å². The van der Waals surface area contributed by atoms with Gasteiger partial charge < -0.3 is 18.3 Å². The van der Waals surface area contributed by atoms with Crippen molar-refractivity contribution in [3.63, 3.8) is 0 Å². The van der Waals surface area contributed by atoms with E-state index in [1.54, 1.807) is 13.8 Å². The predicted molar refractivity (Wildman–Crippen MR) is 168 cm³/mol. The highest BCUT2D eigenvalue weighted by Crippen LogP contribution is 2.42. The largest absolute Gasteiger partial charge is 0.493 e. The molecule has 2 aromatic carbocycles. The number of ketones is 4. The molecule has 244 valence electrons. The monoisotopic (exact) mass is 654 g/mol. The zero-order valence-electron chi connectivity index (χ0n) is 26.0. The second-order valence-electron chi connectivity index (χ2n) is 10.4. The summed E-state index contributed by atoms with van der Waals surface area (Å²) in [7, 11) is 0. The van der Waals surface area contributed by atoms with Crippen LogP contribution in [0, 0.1) is 34.1 Å². The van der Waals surface area contributed by atoms with E-state index in [9.17, 15) is 39.4 Å². The summed E-state index contributed by atoms with van der Waals surface area (Å²) in [5.41, 5.74) is -0.454. The summed E-state index contributed by atoms with van der Waals surface area (Å²) in [5, 5.41) is 22.0. The molecule has 0 N–H and O–H groups in total. The Balaban J connectivity index is 1.57. The van der Waals surface area contributed by atoms with Gasteiger partial charge in [0, 0.05) is 47.5 Å². The van der Waals surface area contributed by atoms with Crippen LogP contribution >= 0.6 is 0 Å². The van der Waals surface area contributed by atoms with Crippen molar-refractivity contribution in [2.45, 2.75) is 27.7 Å². The number of fused-ring (bicyclic) bond motifs is 2. The van der Waals surface area contributed by atoms with E-state index in [-0.39, 0.29) is 92.5 Å². The van der Waals surface area contributed by atoms with Crippen LogP contribution in [0.1, 0.15) is 89.4 Å². The van der Waals surface area contributed by atoms with Crippen LogP contribution in [0.4, 0.5) is 11.4 Å². The first-order valence-corrected chi connectivity index (χ1v) is 14.5. The molecule has 2 aromatic heterocycles. The number of nitro groups is 2. The Kier molecular flexibility index (Phi) is 9.00. The van der Waals surface area contributed by atoms with Crippen LogP contribution in [-0.4, -0.2) is 46.2 Å². The number of hydrogen-bond acceptors (Lipinski definition) is 12. The maximum Gasteiger partial charge on any atom is 0.269 e. The van der Waals surface area contributed by atoms with Crippen molar-refractivity contribution in [3.05, 3.63) is 137 Å². The number of benzene rings is 2. The number of ether oxygens (including phenoxy) is 2. The normalized spacial score (nSPS) is 12.8. The number of furan rings is 2. The van der Waals surface area contributed by atoms with Crippen molar-refractivity contribution in [3.8, 4) is 0 Å². The zero-order chi connectivity index (χ0) is 34.9. The zero-order valence-corrected chi connectivity index (χ0v) is 26.0. The standard InChI is InChI=1S/C34H26N2O12/c1-5-45-25(15-23(37)19-7-11-21(12-8-19)35(41)42)27-17(3)47-33-29(27)31(39)34-30(32(33)40)28(18(4)48-34)26(46-6-2)16-24(38)20-9-13-22(14-10-20)36(43)44/h7-16H,5-6H2,1-4H3/b25-15-,26-16-. The molecule has 14 nitrogen and oxygen atoms in total. The van der Waals surface area contributed by atoms with Crippen molar-refractivity contribution >= 4 is 46.0 Å². The van der Waals surface area contributed by atoms with Gasteiger partial charge in [-0.05, 0) is 52.0 Å². The lowest BCUT2D eigenvalue weighted by molar-refractivity contribution is -0.385. The lowest BCUT2D eigenvalue weighted by Gasteiger charge is -2.14. The topological polar surface area (TPSA) is 199 Å². The number of allylic oxidation sites excluding steroid dienone is 2. The molecular formula is C34H26N2O12. The molecule has 0 spiro atoms. The summed E-state index contributed by atoms with van der Waals surface area (Å²) in [4.78, 5) is 75.1. The summed E-state index contributed by atoms with van der Waals surface area (Å²) in [6, 6.07) is 9.83. The van der Waals surface area contributed by atoms with Crippen LogP contribution in [0.2, 0.25) is 0 Å². The summed E-state index contributed by atoms with van der Waals surface area (Å²) in [6.45, 7) is 6.42. The van der Waals surface area contributed by atoms with Crippen LogP contribution in [-0.2, 0) is 9.47 Å². The number of nitrogens with zero attached hydrogens (tertiary/aromatic N) is 2. The smallest absolute Gasteiger partial charge is 0.269 e. The fourth-order valence-electron chi connectivity index (χ4n) is 5.25. The summed E-state index contributed by atoms with van der Waals surface area (Å²) < 4.78 is 23.1. The van der Waals surface area contributed by atoms with E-state index in [1.807, 2.05) is 0 Å². The lowest BCUT2D eigenvalue weighted by Crippen LogP contribution is -2.20. The Labute approximate surface area is 271 Å². The molecule has 0 saturated heterocycles. The van der Waals surface area contributed by atoms with E-state index < -0.39 is 33.0 Å². The van der Waals surface area contributed by atoms with Crippen molar-refractivity contribution in [2.24, 2.45) is 0 Å². The quantitative estimate of drug-likeness (QED) is 0.0459. The van der Waals surface area contributed by atoms with Crippen LogP contribution < -0.4 is 0 Å². The van der Waals surface area contributed by atoms with E-state index >= 15 is 0 Å². The molecule has 0 bridgehead atoms. The van der Waals surface area contributed by atoms with Gasteiger partial charge in [-0.15, -0.1) is 0 Å². The molecule has 0 atom stereocenters. The summed E-state index contributed by atoms with van der Waals surface area (Å²) in [6.07, 6.45) is 2.21. The molecule has 0 aliphatic heterocycles. The van der Waals surface area contributed by atoms with Gasteiger partial charge in [-0.1, -0.05) is 0 Å². The molecule has 0 radical (unpaired) electrons. The van der Waals surface area contributed by atoms with E-state index in [0.717, 1.165) is 12.2 Å².